The van der Waals surface area contributed by atoms with Crippen LogP contribution < -0.4 is 31.0 Å². The molecule has 0 aliphatic carbocycles. The van der Waals surface area contributed by atoms with Gasteiger partial charge in [-0.25, -0.2) is 20.8 Å². The number of nitrogens with zero attached hydrogens (tertiary/aromatic N) is 4. The predicted molar refractivity (Wildman–Crippen MR) is 103 cm³/mol. The summed E-state index contributed by atoms with van der Waals surface area (Å²) >= 11 is 0. The van der Waals surface area contributed by atoms with Gasteiger partial charge >= 0.3 is 0 Å². The maximum atomic E-state index is 8.81. The number of hydrogen-bond acceptors (Lipinski definition) is 10. The zero-order valence-electron chi connectivity index (χ0n) is 15.9. The van der Waals surface area contributed by atoms with Gasteiger partial charge < -0.3 is 20.1 Å². The van der Waals surface area contributed by atoms with E-state index in [0.717, 1.165) is 24.9 Å². The van der Waals surface area contributed by atoms with Crippen molar-refractivity contribution in [2.24, 2.45) is 0 Å². The highest BCUT2D eigenvalue weighted by atomic mass is 16.5. The van der Waals surface area contributed by atoms with Crippen LogP contribution in [0, 0.1) is 11.3 Å². The van der Waals surface area contributed by atoms with Crippen molar-refractivity contribution in [3.05, 3.63) is 36.0 Å². The number of hydrogen-bond donors (Lipinski definition) is 4. The molecule has 1 fully saturated rings. The second kappa shape index (κ2) is 9.80. The fraction of sp³-hybridized carbons (Fsp3) is 0.444. The summed E-state index contributed by atoms with van der Waals surface area (Å²) in [4.78, 5) is 12.4. The van der Waals surface area contributed by atoms with Gasteiger partial charge in [-0.2, -0.15) is 5.26 Å². The van der Waals surface area contributed by atoms with Crippen molar-refractivity contribution in [3.8, 4) is 17.6 Å². The summed E-state index contributed by atoms with van der Waals surface area (Å²) < 4.78 is 11.5. The Hall–Kier alpha value is -3.00. The number of ether oxygens (including phenoxy) is 2. The SMILES string of the molecule is CNCCCOc1cncc(OC)c1C1CC(Nc2cnc(C#N)cn2)NN1. The van der Waals surface area contributed by atoms with Gasteiger partial charge in [0, 0.05) is 6.42 Å². The van der Waals surface area contributed by atoms with Crippen LogP contribution in [-0.4, -0.2) is 48.4 Å². The highest BCUT2D eigenvalue weighted by Gasteiger charge is 2.30. The van der Waals surface area contributed by atoms with Crippen LogP contribution in [0.1, 0.15) is 30.1 Å². The van der Waals surface area contributed by atoms with Gasteiger partial charge in [-0.15, -0.1) is 0 Å². The van der Waals surface area contributed by atoms with Gasteiger partial charge in [-0.05, 0) is 20.0 Å². The van der Waals surface area contributed by atoms with Crippen molar-refractivity contribution in [2.45, 2.75) is 25.0 Å². The first kappa shape index (κ1) is 19.8. The van der Waals surface area contributed by atoms with E-state index in [-0.39, 0.29) is 17.9 Å². The van der Waals surface area contributed by atoms with Gasteiger partial charge in [-0.1, -0.05) is 0 Å². The van der Waals surface area contributed by atoms with Crippen LogP contribution in [0.3, 0.4) is 0 Å². The topological polar surface area (TPSA) is 129 Å². The first-order valence-corrected chi connectivity index (χ1v) is 9.04. The molecule has 2 aromatic heterocycles. The second-order valence-electron chi connectivity index (χ2n) is 6.23. The molecule has 10 heteroatoms. The first-order chi connectivity index (χ1) is 13.7. The van der Waals surface area contributed by atoms with E-state index >= 15 is 0 Å². The van der Waals surface area contributed by atoms with E-state index in [0.29, 0.717) is 23.9 Å². The van der Waals surface area contributed by atoms with Crippen molar-refractivity contribution >= 4 is 5.82 Å². The third kappa shape index (κ3) is 4.83. The lowest BCUT2D eigenvalue weighted by Gasteiger charge is -2.18. The summed E-state index contributed by atoms with van der Waals surface area (Å²) in [6.45, 7) is 1.47. The minimum absolute atomic E-state index is 0.0407. The Kier molecular flexibility index (Phi) is 6.91. The Morgan fingerprint density at radius 3 is 2.79 bits per heavy atom. The molecule has 0 aromatic carbocycles. The van der Waals surface area contributed by atoms with E-state index in [1.54, 1.807) is 19.5 Å². The van der Waals surface area contributed by atoms with Crippen molar-refractivity contribution in [3.63, 3.8) is 0 Å². The fourth-order valence-corrected chi connectivity index (χ4v) is 2.96. The maximum absolute atomic E-state index is 8.81. The smallest absolute Gasteiger partial charge is 0.158 e. The summed E-state index contributed by atoms with van der Waals surface area (Å²) in [6.07, 6.45) is 7.90. The first-order valence-electron chi connectivity index (χ1n) is 9.04. The lowest BCUT2D eigenvalue weighted by Crippen LogP contribution is -2.36. The molecule has 3 rings (SSSR count). The molecular weight excluding hydrogens is 360 g/mol. The zero-order chi connectivity index (χ0) is 19.8. The van der Waals surface area contributed by atoms with E-state index < -0.39 is 0 Å². The molecule has 0 saturated carbocycles. The van der Waals surface area contributed by atoms with Crippen LogP contribution >= 0.6 is 0 Å². The fourth-order valence-electron chi connectivity index (χ4n) is 2.96. The molecule has 2 atom stereocenters. The third-order valence-electron chi connectivity index (χ3n) is 4.30. The number of nitrogens with one attached hydrogen (secondary N) is 4. The molecule has 0 spiro atoms. The molecule has 1 aliphatic heterocycles. The van der Waals surface area contributed by atoms with E-state index in [1.807, 2.05) is 13.1 Å². The molecule has 1 aliphatic rings. The summed E-state index contributed by atoms with van der Waals surface area (Å²) in [5, 5.41) is 15.2. The number of hydrazine groups is 1. The van der Waals surface area contributed by atoms with Crippen LogP contribution in [0.25, 0.3) is 0 Å². The van der Waals surface area contributed by atoms with Crippen molar-refractivity contribution in [1.82, 2.24) is 31.1 Å². The molecule has 3 heterocycles. The number of anilines is 1. The average Bonchev–Trinajstić information content (AvgIpc) is 3.19. The number of nitriles is 1. The molecule has 0 bridgehead atoms. The van der Waals surface area contributed by atoms with Crippen LogP contribution in [-0.2, 0) is 0 Å². The maximum Gasteiger partial charge on any atom is 0.158 e. The van der Waals surface area contributed by atoms with Gasteiger partial charge in [0.05, 0.1) is 56.3 Å². The molecular formula is C18H24N8O2. The second-order valence-corrected chi connectivity index (χ2v) is 6.23. The van der Waals surface area contributed by atoms with Crippen molar-refractivity contribution in [2.75, 3.05) is 32.6 Å². The van der Waals surface area contributed by atoms with E-state index in [2.05, 4.69) is 36.4 Å². The van der Waals surface area contributed by atoms with Gasteiger partial charge in [0.1, 0.15) is 23.4 Å². The van der Waals surface area contributed by atoms with Crippen molar-refractivity contribution < 1.29 is 9.47 Å². The summed E-state index contributed by atoms with van der Waals surface area (Å²) in [6, 6.07) is 1.91. The molecule has 4 N–H and O–H groups in total. The quantitative estimate of drug-likeness (QED) is 0.459. The molecule has 28 heavy (non-hydrogen) atoms. The number of aromatic nitrogens is 3. The lowest BCUT2D eigenvalue weighted by atomic mass is 10.0. The Morgan fingerprint density at radius 2 is 2.07 bits per heavy atom. The molecule has 0 amide bonds. The average molecular weight is 384 g/mol. The molecule has 148 valence electrons. The van der Waals surface area contributed by atoms with Crippen LogP contribution in [0.4, 0.5) is 5.82 Å². The zero-order valence-corrected chi connectivity index (χ0v) is 15.9. The Balaban J connectivity index is 1.68. The number of methoxy groups -OCH3 is 1. The number of rotatable bonds is 9. The van der Waals surface area contributed by atoms with Crippen LogP contribution in [0.5, 0.6) is 11.5 Å². The Bertz CT molecular complexity index is 808. The third-order valence-corrected chi connectivity index (χ3v) is 4.30. The summed E-state index contributed by atoms with van der Waals surface area (Å²) in [5.41, 5.74) is 7.67. The number of pyridine rings is 1. The monoisotopic (exact) mass is 384 g/mol. The van der Waals surface area contributed by atoms with Gasteiger partial charge in [0.25, 0.3) is 0 Å². The van der Waals surface area contributed by atoms with Crippen molar-refractivity contribution in [1.29, 1.82) is 5.26 Å². The van der Waals surface area contributed by atoms with Crippen LogP contribution in [0.2, 0.25) is 0 Å². The standard InChI is InChI=1S/C18H24N8O2/c1-20-4-3-5-28-15-10-21-9-14(27-2)18(15)13-6-16(26-25-13)24-17-11-22-12(7-19)8-23-17/h8-11,13,16,20,25-26H,3-6H2,1-2H3,(H,23,24). The molecule has 0 radical (unpaired) electrons. The normalized spacial score (nSPS) is 18.5. The van der Waals surface area contributed by atoms with Gasteiger partial charge in [-0.3, -0.25) is 4.98 Å². The minimum atomic E-state index is -0.0813. The van der Waals surface area contributed by atoms with Gasteiger partial charge in [0.15, 0.2) is 5.69 Å². The van der Waals surface area contributed by atoms with E-state index in [1.165, 1.54) is 12.4 Å². The largest absolute Gasteiger partial charge is 0.495 e. The summed E-state index contributed by atoms with van der Waals surface area (Å²) in [5.74, 6) is 1.96. The van der Waals surface area contributed by atoms with E-state index in [9.17, 15) is 0 Å². The Morgan fingerprint density at radius 1 is 1.21 bits per heavy atom. The minimum Gasteiger partial charge on any atom is -0.495 e. The highest BCUT2D eigenvalue weighted by molar-refractivity contribution is 5.45. The lowest BCUT2D eigenvalue weighted by molar-refractivity contribution is 0.297. The van der Waals surface area contributed by atoms with Crippen LogP contribution in [0.15, 0.2) is 24.8 Å². The molecule has 2 aromatic rings. The van der Waals surface area contributed by atoms with E-state index in [4.69, 9.17) is 14.7 Å². The molecule has 2 unspecified atom stereocenters. The molecule has 10 nitrogen and oxygen atoms in total. The Labute approximate surface area is 163 Å². The van der Waals surface area contributed by atoms with Gasteiger partial charge in [0.2, 0.25) is 0 Å². The predicted octanol–water partition coefficient (Wildman–Crippen LogP) is 0.717. The molecule has 1 saturated heterocycles. The summed E-state index contributed by atoms with van der Waals surface area (Å²) in [7, 11) is 3.54. The highest BCUT2D eigenvalue weighted by Crippen LogP contribution is 2.36.